The van der Waals surface area contributed by atoms with Gasteiger partial charge in [0.2, 0.25) is 0 Å². The van der Waals surface area contributed by atoms with Crippen LogP contribution in [0.4, 0.5) is 17.1 Å². The van der Waals surface area contributed by atoms with Crippen LogP contribution in [0.1, 0.15) is 22.5 Å². The molecule has 1 spiro atoms. The van der Waals surface area contributed by atoms with Gasteiger partial charge in [-0.25, -0.2) is 0 Å². The lowest BCUT2D eigenvalue weighted by Crippen LogP contribution is -2.31. The first-order valence-corrected chi connectivity index (χ1v) is 20.5. The van der Waals surface area contributed by atoms with Gasteiger partial charge in [-0.15, -0.1) is 0 Å². The largest absolute Gasteiger partial charge is 0.455 e. The van der Waals surface area contributed by atoms with E-state index in [4.69, 9.17) is 9.15 Å². The smallest absolute Gasteiger partial charge is 0.178 e. The second-order valence-corrected chi connectivity index (χ2v) is 15.6. The van der Waals surface area contributed by atoms with Crippen LogP contribution in [0.25, 0.3) is 55.5 Å². The van der Waals surface area contributed by atoms with E-state index in [0.717, 1.165) is 56.4 Å². The third-order valence-corrected chi connectivity index (χ3v) is 12.4. The SMILES string of the molecule is c1ccc(-c2ccc(N(c3ccc(-c4ccccc4-c4ccccc4)cc3)c3ccc4oc5c(c4c3)Oc3ccccc3C53c4ccccc4-c4ccccc43)cc2)cc1. The van der Waals surface area contributed by atoms with Crippen LogP contribution >= 0.6 is 0 Å². The van der Waals surface area contributed by atoms with Crippen molar-refractivity contribution in [2.45, 2.75) is 5.41 Å². The summed E-state index contributed by atoms with van der Waals surface area (Å²) < 4.78 is 14.0. The number of benzene rings is 9. The van der Waals surface area contributed by atoms with Crippen LogP contribution in [0, 0.1) is 0 Å². The fourth-order valence-corrected chi connectivity index (χ4v) is 9.69. The number of rotatable bonds is 6. The average Bonchev–Trinajstić information content (AvgIpc) is 3.84. The van der Waals surface area contributed by atoms with Gasteiger partial charge < -0.3 is 14.1 Å². The van der Waals surface area contributed by atoms with Crippen LogP contribution in [0.5, 0.6) is 11.5 Å². The van der Waals surface area contributed by atoms with Crippen LogP contribution in [0.2, 0.25) is 0 Å². The van der Waals surface area contributed by atoms with Gasteiger partial charge in [0.05, 0.1) is 5.39 Å². The van der Waals surface area contributed by atoms with Gasteiger partial charge in [-0.2, -0.15) is 0 Å². The van der Waals surface area contributed by atoms with Gasteiger partial charge >= 0.3 is 0 Å². The zero-order valence-electron chi connectivity index (χ0n) is 32.6. The molecule has 0 fully saturated rings. The Labute approximate surface area is 349 Å². The summed E-state index contributed by atoms with van der Waals surface area (Å²) in [5.41, 5.74) is 16.3. The molecule has 60 heavy (non-hydrogen) atoms. The van der Waals surface area contributed by atoms with Gasteiger partial charge in [-0.05, 0) is 104 Å². The minimum Gasteiger partial charge on any atom is -0.455 e. The van der Waals surface area contributed by atoms with Crippen LogP contribution in [0.15, 0.2) is 229 Å². The van der Waals surface area contributed by atoms with Gasteiger partial charge in [0, 0.05) is 22.6 Å². The summed E-state index contributed by atoms with van der Waals surface area (Å²) in [6.45, 7) is 0. The number of hydrogen-bond donors (Lipinski definition) is 0. The Kier molecular flexibility index (Phi) is 7.76. The summed E-state index contributed by atoms with van der Waals surface area (Å²) in [6, 6.07) is 80.0. The third kappa shape index (κ3) is 5.16. The topological polar surface area (TPSA) is 25.6 Å². The number of nitrogens with zero attached hydrogens (tertiary/aromatic N) is 1. The predicted molar refractivity (Wildman–Crippen MR) is 245 cm³/mol. The molecular formula is C57H37NO2. The number of furan rings is 1. The standard InChI is InChI=1S/C57H37NO2/c1-3-15-38(16-4-1)39-27-31-42(32-28-39)58(43-33-29-41(30-34-43)46-20-8-7-19-45(46)40-17-5-2-6-18-40)44-35-36-53-49(37-44)55-56(60-53)57(52-25-13-14-26-54(52)59-55)50-23-11-9-21-47(50)48-22-10-12-24-51(48)57/h1-37H. The highest BCUT2D eigenvalue weighted by molar-refractivity contribution is 5.96. The molecule has 0 radical (unpaired) electrons. The molecule has 0 amide bonds. The van der Waals surface area contributed by atoms with E-state index >= 15 is 0 Å². The van der Waals surface area contributed by atoms with Crippen molar-refractivity contribution in [2.24, 2.45) is 0 Å². The first kappa shape index (κ1) is 34.2. The fourth-order valence-electron chi connectivity index (χ4n) is 9.69. The van der Waals surface area contributed by atoms with Crippen molar-refractivity contribution in [3.63, 3.8) is 0 Å². The molecule has 12 rings (SSSR count). The van der Waals surface area contributed by atoms with Crippen molar-refractivity contribution in [3.05, 3.63) is 247 Å². The first-order chi connectivity index (χ1) is 29.8. The monoisotopic (exact) mass is 767 g/mol. The van der Waals surface area contributed by atoms with Crippen molar-refractivity contribution in [1.82, 2.24) is 0 Å². The highest BCUT2D eigenvalue weighted by Gasteiger charge is 2.54. The van der Waals surface area contributed by atoms with E-state index in [1.54, 1.807) is 0 Å². The molecule has 282 valence electrons. The zero-order valence-corrected chi connectivity index (χ0v) is 32.6. The normalized spacial score (nSPS) is 12.9. The maximum absolute atomic E-state index is 7.08. The molecule has 10 aromatic rings. The Bertz CT molecular complexity index is 3170. The molecule has 0 saturated heterocycles. The molecule has 0 saturated carbocycles. The molecule has 3 heteroatoms. The Hall–Kier alpha value is -7.88. The minimum absolute atomic E-state index is 0.671. The quantitative estimate of drug-likeness (QED) is 0.168. The van der Waals surface area contributed by atoms with Crippen LogP contribution in [-0.4, -0.2) is 0 Å². The molecule has 0 bridgehead atoms. The van der Waals surface area contributed by atoms with E-state index in [0.29, 0.717) is 0 Å². The van der Waals surface area contributed by atoms with Crippen molar-refractivity contribution in [3.8, 4) is 56.0 Å². The van der Waals surface area contributed by atoms with Crippen molar-refractivity contribution in [2.75, 3.05) is 4.90 Å². The zero-order chi connectivity index (χ0) is 39.6. The molecule has 0 unspecified atom stereocenters. The molecule has 1 aliphatic carbocycles. The molecule has 3 nitrogen and oxygen atoms in total. The van der Waals surface area contributed by atoms with E-state index in [-0.39, 0.29) is 0 Å². The molecule has 0 atom stereocenters. The highest BCUT2D eigenvalue weighted by atomic mass is 16.5. The fraction of sp³-hybridized carbons (Fsp3) is 0.0175. The Morgan fingerprint density at radius 1 is 0.350 bits per heavy atom. The molecule has 1 aliphatic heterocycles. The highest BCUT2D eigenvalue weighted by Crippen LogP contribution is 2.63. The minimum atomic E-state index is -0.671. The van der Waals surface area contributed by atoms with Crippen LogP contribution in [0.3, 0.4) is 0 Å². The molecule has 2 aliphatic rings. The first-order valence-electron chi connectivity index (χ1n) is 20.5. The van der Waals surface area contributed by atoms with E-state index in [2.05, 4.69) is 229 Å². The molecule has 2 heterocycles. The Morgan fingerprint density at radius 3 is 1.42 bits per heavy atom. The lowest BCUT2D eigenvalue weighted by molar-refractivity contribution is 0.389. The maximum atomic E-state index is 7.08. The summed E-state index contributed by atoms with van der Waals surface area (Å²) in [5.74, 6) is 2.40. The second kappa shape index (κ2) is 13.6. The molecule has 0 N–H and O–H groups in total. The van der Waals surface area contributed by atoms with Crippen molar-refractivity contribution in [1.29, 1.82) is 0 Å². The predicted octanol–water partition coefficient (Wildman–Crippen LogP) is 15.4. The van der Waals surface area contributed by atoms with Crippen molar-refractivity contribution >= 4 is 28.0 Å². The summed E-state index contributed by atoms with van der Waals surface area (Å²) in [6.07, 6.45) is 0. The van der Waals surface area contributed by atoms with E-state index < -0.39 is 5.41 Å². The van der Waals surface area contributed by atoms with Crippen LogP contribution in [-0.2, 0) is 5.41 Å². The Balaban J connectivity index is 1.03. The lowest BCUT2D eigenvalue weighted by Gasteiger charge is -2.36. The number of anilines is 3. The second-order valence-electron chi connectivity index (χ2n) is 15.6. The number of para-hydroxylation sites is 1. The Morgan fingerprint density at radius 2 is 0.800 bits per heavy atom. The van der Waals surface area contributed by atoms with Crippen molar-refractivity contribution < 1.29 is 9.15 Å². The summed E-state index contributed by atoms with van der Waals surface area (Å²) in [4.78, 5) is 2.33. The summed E-state index contributed by atoms with van der Waals surface area (Å²) in [7, 11) is 0. The van der Waals surface area contributed by atoms with E-state index in [1.807, 2.05) is 0 Å². The van der Waals surface area contributed by atoms with Gasteiger partial charge in [-0.1, -0.05) is 176 Å². The number of ether oxygens (including phenoxy) is 1. The van der Waals surface area contributed by atoms with Crippen LogP contribution < -0.4 is 9.64 Å². The molecule has 1 aromatic heterocycles. The maximum Gasteiger partial charge on any atom is 0.178 e. The van der Waals surface area contributed by atoms with E-state index in [9.17, 15) is 0 Å². The van der Waals surface area contributed by atoms with Gasteiger partial charge in [0.15, 0.2) is 11.5 Å². The number of hydrogen-bond acceptors (Lipinski definition) is 3. The van der Waals surface area contributed by atoms with Gasteiger partial charge in [0.1, 0.15) is 16.7 Å². The number of fused-ring (bicyclic) bond motifs is 11. The average molecular weight is 768 g/mol. The molecular weight excluding hydrogens is 731 g/mol. The van der Waals surface area contributed by atoms with Gasteiger partial charge in [0.25, 0.3) is 0 Å². The van der Waals surface area contributed by atoms with E-state index in [1.165, 1.54) is 50.1 Å². The van der Waals surface area contributed by atoms with Gasteiger partial charge in [-0.3, -0.25) is 0 Å². The third-order valence-electron chi connectivity index (χ3n) is 12.4. The molecule has 9 aromatic carbocycles. The summed E-state index contributed by atoms with van der Waals surface area (Å²) in [5, 5.41) is 0.928. The summed E-state index contributed by atoms with van der Waals surface area (Å²) >= 11 is 0. The lowest BCUT2D eigenvalue weighted by atomic mass is 9.69.